The molecule has 0 aromatic carbocycles. The molecule has 0 radical (unpaired) electrons. The molecular weight excluding hydrogens is 270 g/mol. The lowest BCUT2D eigenvalue weighted by Gasteiger charge is -2.36. The van der Waals surface area contributed by atoms with E-state index in [0.29, 0.717) is 5.92 Å². The van der Waals surface area contributed by atoms with Gasteiger partial charge in [-0.05, 0) is 34.7 Å². The van der Waals surface area contributed by atoms with Crippen LogP contribution in [0.15, 0.2) is 16.8 Å². The number of hydrogen-bond donors (Lipinski definition) is 1. The van der Waals surface area contributed by atoms with Crippen molar-refractivity contribution in [1.29, 1.82) is 0 Å². The van der Waals surface area contributed by atoms with Crippen molar-refractivity contribution in [3.8, 4) is 0 Å². The zero-order valence-electron chi connectivity index (χ0n) is 12.4. The molecule has 1 aromatic rings. The van der Waals surface area contributed by atoms with Gasteiger partial charge in [0.05, 0.1) is 6.04 Å². The maximum atomic E-state index is 12.2. The second kappa shape index (κ2) is 7.20. The average molecular weight is 295 g/mol. The van der Waals surface area contributed by atoms with Crippen molar-refractivity contribution in [3.63, 3.8) is 0 Å². The van der Waals surface area contributed by atoms with Gasteiger partial charge in [0.2, 0.25) is 5.91 Å². The van der Waals surface area contributed by atoms with Gasteiger partial charge in [0, 0.05) is 32.7 Å². The van der Waals surface area contributed by atoms with Crippen molar-refractivity contribution in [1.82, 2.24) is 9.80 Å². The summed E-state index contributed by atoms with van der Waals surface area (Å²) in [6.45, 7) is 8.68. The van der Waals surface area contributed by atoms with Crippen LogP contribution in [-0.2, 0) is 11.3 Å². The summed E-state index contributed by atoms with van der Waals surface area (Å²) in [4.78, 5) is 16.6. The van der Waals surface area contributed by atoms with E-state index in [1.54, 1.807) is 11.3 Å². The van der Waals surface area contributed by atoms with Gasteiger partial charge in [-0.1, -0.05) is 13.8 Å². The zero-order chi connectivity index (χ0) is 14.5. The Labute approximate surface area is 125 Å². The Bertz CT molecular complexity index is 411. The molecule has 1 atom stereocenters. The van der Waals surface area contributed by atoms with Crippen molar-refractivity contribution >= 4 is 17.2 Å². The first-order valence-corrected chi connectivity index (χ1v) is 8.28. The largest absolute Gasteiger partial charge is 0.339 e. The number of carbonyl (C=O) groups is 1. The van der Waals surface area contributed by atoms with Gasteiger partial charge < -0.3 is 10.6 Å². The van der Waals surface area contributed by atoms with Crippen molar-refractivity contribution < 1.29 is 4.79 Å². The van der Waals surface area contributed by atoms with E-state index in [2.05, 4.69) is 35.6 Å². The maximum absolute atomic E-state index is 12.2. The molecule has 1 saturated heterocycles. The predicted molar refractivity (Wildman–Crippen MR) is 83.6 cm³/mol. The van der Waals surface area contributed by atoms with Gasteiger partial charge in [0.1, 0.15) is 0 Å². The van der Waals surface area contributed by atoms with Gasteiger partial charge >= 0.3 is 0 Å². The second-order valence-corrected chi connectivity index (χ2v) is 6.75. The van der Waals surface area contributed by atoms with Crippen molar-refractivity contribution in [2.24, 2.45) is 11.7 Å². The first-order chi connectivity index (χ1) is 9.56. The number of rotatable bonds is 5. The Morgan fingerprint density at radius 2 is 2.05 bits per heavy atom. The predicted octanol–water partition coefficient (Wildman–Crippen LogP) is 1.77. The van der Waals surface area contributed by atoms with Crippen LogP contribution < -0.4 is 5.73 Å². The molecule has 20 heavy (non-hydrogen) atoms. The van der Waals surface area contributed by atoms with Crippen LogP contribution in [0.4, 0.5) is 0 Å². The Morgan fingerprint density at radius 3 is 2.60 bits per heavy atom. The maximum Gasteiger partial charge on any atom is 0.239 e. The van der Waals surface area contributed by atoms with E-state index in [9.17, 15) is 4.79 Å². The number of piperazine rings is 1. The summed E-state index contributed by atoms with van der Waals surface area (Å²) in [5, 5.41) is 4.30. The minimum atomic E-state index is -0.335. The molecule has 5 heteroatoms. The molecule has 1 aliphatic rings. The highest BCUT2D eigenvalue weighted by Crippen LogP contribution is 2.13. The Kier molecular flexibility index (Phi) is 5.57. The van der Waals surface area contributed by atoms with Gasteiger partial charge in [-0.2, -0.15) is 11.3 Å². The number of nitrogens with zero attached hydrogens (tertiary/aromatic N) is 2. The van der Waals surface area contributed by atoms with Crippen LogP contribution in [0.25, 0.3) is 0 Å². The summed E-state index contributed by atoms with van der Waals surface area (Å²) >= 11 is 1.74. The fourth-order valence-electron chi connectivity index (χ4n) is 2.61. The van der Waals surface area contributed by atoms with Crippen molar-refractivity contribution in [2.45, 2.75) is 32.9 Å². The van der Waals surface area contributed by atoms with E-state index in [-0.39, 0.29) is 11.9 Å². The molecular formula is C15H25N3OS. The molecule has 2 heterocycles. The minimum Gasteiger partial charge on any atom is -0.339 e. The third-order valence-electron chi connectivity index (χ3n) is 3.71. The number of carbonyl (C=O) groups excluding carboxylic acids is 1. The summed E-state index contributed by atoms with van der Waals surface area (Å²) in [6, 6.07) is 1.83. The van der Waals surface area contributed by atoms with Gasteiger partial charge in [-0.15, -0.1) is 0 Å². The highest BCUT2D eigenvalue weighted by atomic mass is 32.1. The normalized spacial score (nSPS) is 18.5. The molecule has 4 nitrogen and oxygen atoms in total. The standard InChI is InChI=1S/C15H25N3OS/c1-12(2)9-14(16)15(19)18-6-4-17(5-7-18)10-13-3-8-20-11-13/h3,8,11-12,14H,4-7,9-10,16H2,1-2H3/t14-/m0/s1. The molecule has 1 aliphatic heterocycles. The molecule has 0 saturated carbocycles. The molecule has 2 rings (SSSR count). The fourth-order valence-corrected chi connectivity index (χ4v) is 3.27. The van der Waals surface area contributed by atoms with Crippen molar-refractivity contribution in [2.75, 3.05) is 26.2 Å². The lowest BCUT2D eigenvalue weighted by atomic mass is 10.0. The summed E-state index contributed by atoms with van der Waals surface area (Å²) < 4.78 is 0. The number of nitrogens with two attached hydrogens (primary N) is 1. The third-order valence-corrected chi connectivity index (χ3v) is 4.44. The topological polar surface area (TPSA) is 49.6 Å². The van der Waals surface area contributed by atoms with Crippen LogP contribution >= 0.6 is 11.3 Å². The molecule has 0 unspecified atom stereocenters. The van der Waals surface area contributed by atoms with Crippen LogP contribution in [0, 0.1) is 5.92 Å². The monoisotopic (exact) mass is 295 g/mol. The first kappa shape index (κ1) is 15.5. The summed E-state index contributed by atoms with van der Waals surface area (Å²) in [7, 11) is 0. The molecule has 0 aliphatic carbocycles. The lowest BCUT2D eigenvalue weighted by molar-refractivity contribution is -0.134. The summed E-state index contributed by atoms with van der Waals surface area (Å²) in [5.41, 5.74) is 7.36. The highest BCUT2D eigenvalue weighted by molar-refractivity contribution is 7.07. The van der Waals surface area contributed by atoms with E-state index in [0.717, 1.165) is 39.1 Å². The lowest BCUT2D eigenvalue weighted by Crippen LogP contribution is -2.53. The average Bonchev–Trinajstić information content (AvgIpc) is 2.91. The molecule has 0 spiro atoms. The molecule has 0 bridgehead atoms. The first-order valence-electron chi connectivity index (χ1n) is 7.34. The smallest absolute Gasteiger partial charge is 0.239 e. The Balaban J connectivity index is 1.77. The number of amides is 1. The Morgan fingerprint density at radius 1 is 1.35 bits per heavy atom. The van der Waals surface area contributed by atoms with Crippen LogP contribution in [0.2, 0.25) is 0 Å². The van der Waals surface area contributed by atoms with E-state index in [1.165, 1.54) is 5.56 Å². The highest BCUT2D eigenvalue weighted by Gasteiger charge is 2.25. The molecule has 2 N–H and O–H groups in total. The minimum absolute atomic E-state index is 0.119. The van der Waals surface area contributed by atoms with Gasteiger partial charge in [-0.3, -0.25) is 9.69 Å². The molecule has 1 fully saturated rings. The van der Waals surface area contributed by atoms with Crippen LogP contribution in [-0.4, -0.2) is 47.9 Å². The quantitative estimate of drug-likeness (QED) is 0.900. The zero-order valence-corrected chi connectivity index (χ0v) is 13.2. The van der Waals surface area contributed by atoms with E-state index in [4.69, 9.17) is 5.73 Å². The van der Waals surface area contributed by atoms with E-state index in [1.807, 2.05) is 4.90 Å². The SMILES string of the molecule is CC(C)C[C@H](N)C(=O)N1CCN(Cc2ccsc2)CC1. The van der Waals surface area contributed by atoms with Gasteiger partial charge in [0.25, 0.3) is 0 Å². The fraction of sp³-hybridized carbons (Fsp3) is 0.667. The number of thiophene rings is 1. The summed E-state index contributed by atoms with van der Waals surface area (Å²) in [5.74, 6) is 0.586. The Hall–Kier alpha value is -0.910. The van der Waals surface area contributed by atoms with E-state index < -0.39 is 0 Å². The third kappa shape index (κ3) is 4.30. The van der Waals surface area contributed by atoms with Crippen molar-refractivity contribution in [3.05, 3.63) is 22.4 Å². The van der Waals surface area contributed by atoms with Crippen LogP contribution in [0.5, 0.6) is 0 Å². The van der Waals surface area contributed by atoms with Gasteiger partial charge in [0.15, 0.2) is 0 Å². The van der Waals surface area contributed by atoms with Gasteiger partial charge in [-0.25, -0.2) is 0 Å². The molecule has 1 aromatic heterocycles. The van der Waals surface area contributed by atoms with Crippen LogP contribution in [0.3, 0.4) is 0 Å². The number of hydrogen-bond acceptors (Lipinski definition) is 4. The molecule has 1 amide bonds. The second-order valence-electron chi connectivity index (χ2n) is 5.97. The van der Waals surface area contributed by atoms with E-state index >= 15 is 0 Å². The summed E-state index contributed by atoms with van der Waals surface area (Å²) in [6.07, 6.45) is 0.772. The van der Waals surface area contributed by atoms with Crippen LogP contribution in [0.1, 0.15) is 25.8 Å². The molecule has 112 valence electrons.